The summed E-state index contributed by atoms with van der Waals surface area (Å²) in [6, 6.07) is 14.1. The number of aryl methyl sites for hydroxylation is 1. The normalized spacial score (nSPS) is 10.6. The number of rotatable bonds is 7. The predicted molar refractivity (Wildman–Crippen MR) is 89.0 cm³/mol. The van der Waals surface area contributed by atoms with Crippen LogP contribution in [0.1, 0.15) is 30.0 Å². The molecule has 2 nitrogen and oxygen atoms in total. The first-order chi connectivity index (χ1) is 10.2. The van der Waals surface area contributed by atoms with E-state index in [0.717, 1.165) is 35.8 Å². The van der Waals surface area contributed by atoms with Gasteiger partial charge in [-0.05, 0) is 43.7 Å². The molecule has 21 heavy (non-hydrogen) atoms. The zero-order valence-electron chi connectivity index (χ0n) is 12.7. The minimum absolute atomic E-state index is 0.557. The molecule has 0 aliphatic rings. The molecule has 3 heteroatoms. The van der Waals surface area contributed by atoms with Crippen LogP contribution in [0.4, 0.5) is 0 Å². The molecule has 0 bridgehead atoms. The van der Waals surface area contributed by atoms with E-state index < -0.39 is 0 Å². The lowest BCUT2D eigenvalue weighted by molar-refractivity contribution is 0.302. The van der Waals surface area contributed by atoms with Crippen molar-refractivity contribution >= 4 is 11.6 Å². The van der Waals surface area contributed by atoms with Crippen molar-refractivity contribution in [2.75, 3.05) is 6.54 Å². The number of hydrogen-bond donors (Lipinski definition) is 1. The second-order valence-corrected chi connectivity index (χ2v) is 5.64. The van der Waals surface area contributed by atoms with Crippen molar-refractivity contribution in [3.8, 4) is 5.75 Å². The average Bonchev–Trinajstić information content (AvgIpc) is 2.48. The van der Waals surface area contributed by atoms with Gasteiger partial charge in [-0.2, -0.15) is 0 Å². The maximum atomic E-state index is 5.97. The molecule has 0 amide bonds. The molecule has 2 aromatic carbocycles. The van der Waals surface area contributed by atoms with Gasteiger partial charge in [-0.25, -0.2) is 0 Å². The summed E-state index contributed by atoms with van der Waals surface area (Å²) >= 11 is 5.89. The van der Waals surface area contributed by atoms with Crippen LogP contribution in [0.2, 0.25) is 5.02 Å². The van der Waals surface area contributed by atoms with Gasteiger partial charge in [0.2, 0.25) is 0 Å². The zero-order chi connectivity index (χ0) is 15.1. The molecule has 2 aromatic rings. The molecule has 0 fully saturated rings. The Bertz CT molecular complexity index is 566. The van der Waals surface area contributed by atoms with Crippen molar-refractivity contribution in [1.29, 1.82) is 0 Å². The van der Waals surface area contributed by atoms with Crippen LogP contribution in [0.25, 0.3) is 0 Å². The molecule has 0 spiro atoms. The van der Waals surface area contributed by atoms with Crippen LogP contribution in [0.3, 0.4) is 0 Å². The molecule has 0 unspecified atom stereocenters. The van der Waals surface area contributed by atoms with E-state index in [4.69, 9.17) is 16.3 Å². The van der Waals surface area contributed by atoms with Gasteiger partial charge in [-0.15, -0.1) is 0 Å². The highest BCUT2D eigenvalue weighted by Crippen LogP contribution is 2.21. The third-order valence-corrected chi connectivity index (χ3v) is 3.52. The quantitative estimate of drug-likeness (QED) is 0.747. The van der Waals surface area contributed by atoms with Crippen LogP contribution in [0, 0.1) is 6.92 Å². The van der Waals surface area contributed by atoms with E-state index in [1.165, 1.54) is 11.1 Å². The third-order valence-electron chi connectivity index (χ3n) is 3.27. The minimum atomic E-state index is 0.557. The predicted octanol–water partition coefficient (Wildman–Crippen LogP) is 4.73. The van der Waals surface area contributed by atoms with Gasteiger partial charge >= 0.3 is 0 Å². The largest absolute Gasteiger partial charge is 0.489 e. The second kappa shape index (κ2) is 8.06. The van der Waals surface area contributed by atoms with Crippen molar-refractivity contribution in [2.45, 2.75) is 33.4 Å². The molecule has 0 heterocycles. The summed E-state index contributed by atoms with van der Waals surface area (Å²) in [6.45, 7) is 6.69. The van der Waals surface area contributed by atoms with Crippen LogP contribution < -0.4 is 10.1 Å². The first kappa shape index (κ1) is 15.9. The fourth-order valence-corrected chi connectivity index (χ4v) is 2.25. The van der Waals surface area contributed by atoms with E-state index in [0.29, 0.717) is 6.61 Å². The SMILES string of the molecule is CCCNCc1cc(C)ccc1OCc1ccc(Cl)cc1. The maximum absolute atomic E-state index is 5.97. The van der Waals surface area contributed by atoms with Crippen molar-refractivity contribution in [2.24, 2.45) is 0 Å². The highest BCUT2D eigenvalue weighted by molar-refractivity contribution is 6.30. The van der Waals surface area contributed by atoms with Crippen LogP contribution in [-0.4, -0.2) is 6.54 Å². The number of hydrogen-bond acceptors (Lipinski definition) is 2. The van der Waals surface area contributed by atoms with Crippen LogP contribution >= 0.6 is 11.6 Å². The molecule has 112 valence electrons. The van der Waals surface area contributed by atoms with Gasteiger partial charge in [0.15, 0.2) is 0 Å². The van der Waals surface area contributed by atoms with Gasteiger partial charge in [0.05, 0.1) is 0 Å². The molecular weight excluding hydrogens is 282 g/mol. The van der Waals surface area contributed by atoms with Crippen LogP contribution in [0.15, 0.2) is 42.5 Å². The van der Waals surface area contributed by atoms with Crippen LogP contribution in [-0.2, 0) is 13.2 Å². The smallest absolute Gasteiger partial charge is 0.124 e. The van der Waals surface area contributed by atoms with Gasteiger partial charge in [0.1, 0.15) is 12.4 Å². The summed E-state index contributed by atoms with van der Waals surface area (Å²) in [6.07, 6.45) is 1.13. The van der Waals surface area contributed by atoms with Gasteiger partial charge in [-0.3, -0.25) is 0 Å². The molecule has 1 N–H and O–H groups in total. The van der Waals surface area contributed by atoms with Crippen molar-refractivity contribution < 1.29 is 4.74 Å². The lowest BCUT2D eigenvalue weighted by Gasteiger charge is -2.13. The molecule has 2 rings (SSSR count). The number of ether oxygens (including phenoxy) is 1. The summed E-state index contributed by atoms with van der Waals surface area (Å²) in [5, 5.41) is 4.18. The molecule has 0 saturated carbocycles. The molecular formula is C18H22ClNO. The molecule has 0 atom stereocenters. The molecule has 0 aromatic heterocycles. The Hall–Kier alpha value is -1.51. The van der Waals surface area contributed by atoms with E-state index >= 15 is 0 Å². The van der Waals surface area contributed by atoms with E-state index in [1.807, 2.05) is 30.3 Å². The maximum Gasteiger partial charge on any atom is 0.124 e. The Morgan fingerprint density at radius 3 is 2.57 bits per heavy atom. The summed E-state index contributed by atoms with van der Waals surface area (Å²) < 4.78 is 5.97. The number of halogens is 1. The molecule has 0 aliphatic heterocycles. The third kappa shape index (κ3) is 5.07. The Kier molecular flexibility index (Phi) is 6.09. The standard InChI is InChI=1S/C18H22ClNO/c1-3-10-20-12-16-11-14(2)4-9-18(16)21-13-15-5-7-17(19)8-6-15/h4-9,11,20H,3,10,12-13H2,1-2H3. The Morgan fingerprint density at radius 1 is 1.10 bits per heavy atom. The summed E-state index contributed by atoms with van der Waals surface area (Å²) in [7, 11) is 0. The summed E-state index contributed by atoms with van der Waals surface area (Å²) in [5.74, 6) is 0.944. The zero-order valence-corrected chi connectivity index (χ0v) is 13.4. The number of nitrogens with one attached hydrogen (secondary N) is 1. The van der Waals surface area contributed by atoms with E-state index in [1.54, 1.807) is 0 Å². The molecule has 0 aliphatic carbocycles. The number of benzene rings is 2. The Labute approximate surface area is 132 Å². The van der Waals surface area contributed by atoms with E-state index in [2.05, 4.69) is 31.3 Å². The van der Waals surface area contributed by atoms with Gasteiger partial charge in [0, 0.05) is 17.1 Å². The van der Waals surface area contributed by atoms with Crippen molar-refractivity contribution in [1.82, 2.24) is 5.32 Å². The van der Waals surface area contributed by atoms with E-state index in [-0.39, 0.29) is 0 Å². The fourth-order valence-electron chi connectivity index (χ4n) is 2.13. The molecule has 0 saturated heterocycles. The topological polar surface area (TPSA) is 21.3 Å². The minimum Gasteiger partial charge on any atom is -0.489 e. The van der Waals surface area contributed by atoms with Crippen LogP contribution in [0.5, 0.6) is 5.75 Å². The monoisotopic (exact) mass is 303 g/mol. The second-order valence-electron chi connectivity index (χ2n) is 5.20. The first-order valence-corrected chi connectivity index (χ1v) is 7.74. The Balaban J connectivity index is 2.02. The van der Waals surface area contributed by atoms with E-state index in [9.17, 15) is 0 Å². The van der Waals surface area contributed by atoms with Gasteiger partial charge in [0.25, 0.3) is 0 Å². The Morgan fingerprint density at radius 2 is 1.86 bits per heavy atom. The highest BCUT2D eigenvalue weighted by Gasteiger charge is 2.04. The van der Waals surface area contributed by atoms with Gasteiger partial charge < -0.3 is 10.1 Å². The van der Waals surface area contributed by atoms with Crippen molar-refractivity contribution in [3.05, 3.63) is 64.2 Å². The fraction of sp³-hybridized carbons (Fsp3) is 0.333. The lowest BCUT2D eigenvalue weighted by atomic mass is 10.1. The van der Waals surface area contributed by atoms with Gasteiger partial charge in [-0.1, -0.05) is 48.4 Å². The summed E-state index contributed by atoms with van der Waals surface area (Å²) in [4.78, 5) is 0. The first-order valence-electron chi connectivity index (χ1n) is 7.36. The summed E-state index contributed by atoms with van der Waals surface area (Å²) in [5.41, 5.74) is 3.58. The lowest BCUT2D eigenvalue weighted by Crippen LogP contribution is -2.14. The highest BCUT2D eigenvalue weighted by atomic mass is 35.5. The molecule has 0 radical (unpaired) electrons. The van der Waals surface area contributed by atoms with Crippen molar-refractivity contribution in [3.63, 3.8) is 0 Å². The average molecular weight is 304 g/mol.